The number of halogens is 2. The lowest BCUT2D eigenvalue weighted by Gasteiger charge is -2.17. The van der Waals surface area contributed by atoms with Gasteiger partial charge in [0.15, 0.2) is 21.5 Å². The molecule has 0 saturated carbocycles. The first kappa shape index (κ1) is 17.0. The second-order valence-corrected chi connectivity index (χ2v) is 6.55. The van der Waals surface area contributed by atoms with Crippen molar-refractivity contribution in [2.24, 2.45) is 0 Å². The summed E-state index contributed by atoms with van der Waals surface area (Å²) in [6.07, 6.45) is 1.11. The van der Waals surface area contributed by atoms with Gasteiger partial charge in [0.05, 0.1) is 10.6 Å². The van der Waals surface area contributed by atoms with Gasteiger partial charge >= 0.3 is 0 Å². The SMILES string of the molecule is CCCNC(CCO)CS(=O)(=O)c1ccc(F)c(F)c1. The Morgan fingerprint density at radius 2 is 2.00 bits per heavy atom. The van der Waals surface area contributed by atoms with Crippen molar-refractivity contribution in [3.8, 4) is 0 Å². The third-order valence-electron chi connectivity index (χ3n) is 2.83. The Labute approximate surface area is 117 Å². The lowest BCUT2D eigenvalue weighted by Crippen LogP contribution is -2.37. The van der Waals surface area contributed by atoms with E-state index in [0.717, 1.165) is 18.6 Å². The summed E-state index contributed by atoms with van der Waals surface area (Å²) in [7, 11) is -3.73. The van der Waals surface area contributed by atoms with Gasteiger partial charge in [0, 0.05) is 12.6 Å². The van der Waals surface area contributed by atoms with Crippen molar-refractivity contribution in [1.82, 2.24) is 5.32 Å². The van der Waals surface area contributed by atoms with Crippen LogP contribution in [0.2, 0.25) is 0 Å². The molecule has 0 bridgehead atoms. The molecule has 20 heavy (non-hydrogen) atoms. The van der Waals surface area contributed by atoms with Crippen LogP contribution in [-0.2, 0) is 9.84 Å². The number of benzene rings is 1. The molecular formula is C13H19F2NO3S. The van der Waals surface area contributed by atoms with Gasteiger partial charge in [0.1, 0.15) is 0 Å². The van der Waals surface area contributed by atoms with Crippen molar-refractivity contribution in [2.75, 3.05) is 18.9 Å². The molecule has 0 aliphatic rings. The quantitative estimate of drug-likeness (QED) is 0.714. The molecule has 1 atom stereocenters. The third kappa shape index (κ3) is 4.81. The fourth-order valence-electron chi connectivity index (χ4n) is 1.78. The van der Waals surface area contributed by atoms with Gasteiger partial charge < -0.3 is 10.4 Å². The zero-order valence-corrected chi connectivity index (χ0v) is 12.1. The maximum Gasteiger partial charge on any atom is 0.180 e. The van der Waals surface area contributed by atoms with Gasteiger partial charge in [0.25, 0.3) is 0 Å². The Hall–Kier alpha value is -1.05. The Bertz CT molecular complexity index is 534. The molecule has 1 aromatic carbocycles. The van der Waals surface area contributed by atoms with Gasteiger partial charge in [-0.05, 0) is 37.6 Å². The smallest absolute Gasteiger partial charge is 0.180 e. The number of aliphatic hydroxyl groups is 1. The first-order valence-electron chi connectivity index (χ1n) is 6.42. The average molecular weight is 307 g/mol. The molecule has 1 unspecified atom stereocenters. The highest BCUT2D eigenvalue weighted by atomic mass is 32.2. The maximum absolute atomic E-state index is 13.1. The fourth-order valence-corrected chi connectivity index (χ4v) is 3.35. The summed E-state index contributed by atoms with van der Waals surface area (Å²) in [6.45, 7) is 2.42. The van der Waals surface area contributed by atoms with E-state index in [1.54, 1.807) is 0 Å². The molecule has 0 aliphatic carbocycles. The molecule has 7 heteroatoms. The maximum atomic E-state index is 13.1. The molecule has 114 valence electrons. The predicted octanol–water partition coefficient (Wildman–Crippen LogP) is 1.49. The van der Waals surface area contributed by atoms with Crippen LogP contribution in [0.1, 0.15) is 19.8 Å². The minimum Gasteiger partial charge on any atom is -0.396 e. The van der Waals surface area contributed by atoms with E-state index in [1.807, 2.05) is 6.92 Å². The summed E-state index contributed by atoms with van der Waals surface area (Å²) >= 11 is 0. The highest BCUT2D eigenvalue weighted by Gasteiger charge is 2.22. The minimum atomic E-state index is -3.73. The lowest BCUT2D eigenvalue weighted by molar-refractivity contribution is 0.269. The van der Waals surface area contributed by atoms with E-state index in [2.05, 4.69) is 5.32 Å². The number of hydrogen-bond acceptors (Lipinski definition) is 4. The fraction of sp³-hybridized carbons (Fsp3) is 0.538. The third-order valence-corrected chi connectivity index (χ3v) is 4.64. The molecule has 0 radical (unpaired) electrons. The van der Waals surface area contributed by atoms with Gasteiger partial charge in [-0.25, -0.2) is 17.2 Å². The summed E-state index contributed by atoms with van der Waals surface area (Å²) in [6, 6.07) is 2.10. The first-order chi connectivity index (χ1) is 9.40. The molecule has 0 spiro atoms. The summed E-state index contributed by atoms with van der Waals surface area (Å²) in [5.41, 5.74) is 0. The molecule has 0 amide bonds. The van der Waals surface area contributed by atoms with Crippen molar-refractivity contribution in [1.29, 1.82) is 0 Å². The van der Waals surface area contributed by atoms with Crippen LogP contribution in [0.15, 0.2) is 23.1 Å². The van der Waals surface area contributed by atoms with Gasteiger partial charge in [-0.2, -0.15) is 0 Å². The van der Waals surface area contributed by atoms with E-state index in [-0.39, 0.29) is 23.7 Å². The Morgan fingerprint density at radius 1 is 1.30 bits per heavy atom. The molecule has 0 fully saturated rings. The molecule has 0 heterocycles. The molecule has 0 saturated heterocycles. The second kappa shape index (κ2) is 7.66. The summed E-state index contributed by atoms with van der Waals surface area (Å²) in [5, 5.41) is 12.0. The normalized spacial score (nSPS) is 13.4. The summed E-state index contributed by atoms with van der Waals surface area (Å²) < 4.78 is 50.2. The van der Waals surface area contributed by atoms with Crippen molar-refractivity contribution in [2.45, 2.75) is 30.7 Å². The van der Waals surface area contributed by atoms with Gasteiger partial charge in [-0.3, -0.25) is 0 Å². The van der Waals surface area contributed by atoms with Gasteiger partial charge in [0.2, 0.25) is 0 Å². The first-order valence-corrected chi connectivity index (χ1v) is 8.08. The number of aliphatic hydroxyl groups excluding tert-OH is 1. The lowest BCUT2D eigenvalue weighted by atomic mass is 10.2. The highest BCUT2D eigenvalue weighted by Crippen LogP contribution is 2.16. The van der Waals surface area contributed by atoms with Crippen LogP contribution in [0.4, 0.5) is 8.78 Å². The molecule has 0 aliphatic heterocycles. The number of nitrogens with one attached hydrogen (secondary N) is 1. The largest absolute Gasteiger partial charge is 0.396 e. The number of hydrogen-bond donors (Lipinski definition) is 2. The zero-order valence-electron chi connectivity index (χ0n) is 11.3. The van der Waals surface area contributed by atoms with E-state index >= 15 is 0 Å². The zero-order chi connectivity index (χ0) is 15.2. The van der Waals surface area contributed by atoms with Gasteiger partial charge in [-0.15, -0.1) is 0 Å². The predicted molar refractivity (Wildman–Crippen MR) is 72.2 cm³/mol. The second-order valence-electron chi connectivity index (χ2n) is 4.52. The van der Waals surface area contributed by atoms with Crippen LogP contribution in [0, 0.1) is 11.6 Å². The van der Waals surface area contributed by atoms with Crippen molar-refractivity contribution < 1.29 is 22.3 Å². The molecule has 4 nitrogen and oxygen atoms in total. The Balaban J connectivity index is 2.87. The standard InChI is InChI=1S/C13H19F2NO3S/c1-2-6-16-10(5-7-17)9-20(18,19)11-3-4-12(14)13(15)8-11/h3-4,8,10,16-17H,2,5-7,9H2,1H3. The Kier molecular flexibility index (Phi) is 6.51. The van der Waals surface area contributed by atoms with Crippen LogP contribution in [-0.4, -0.2) is 38.5 Å². The molecule has 0 aromatic heterocycles. The average Bonchev–Trinajstić information content (AvgIpc) is 2.39. The van der Waals surface area contributed by atoms with Crippen molar-refractivity contribution in [3.05, 3.63) is 29.8 Å². The van der Waals surface area contributed by atoms with E-state index in [0.29, 0.717) is 12.6 Å². The number of sulfone groups is 1. The molecule has 1 rings (SSSR count). The van der Waals surface area contributed by atoms with Crippen LogP contribution in [0.25, 0.3) is 0 Å². The van der Waals surface area contributed by atoms with E-state index in [9.17, 15) is 17.2 Å². The molecular weight excluding hydrogens is 288 g/mol. The topological polar surface area (TPSA) is 66.4 Å². The highest BCUT2D eigenvalue weighted by molar-refractivity contribution is 7.91. The van der Waals surface area contributed by atoms with E-state index < -0.39 is 27.5 Å². The van der Waals surface area contributed by atoms with Crippen LogP contribution in [0.3, 0.4) is 0 Å². The van der Waals surface area contributed by atoms with Crippen molar-refractivity contribution >= 4 is 9.84 Å². The Morgan fingerprint density at radius 3 is 2.55 bits per heavy atom. The monoisotopic (exact) mass is 307 g/mol. The van der Waals surface area contributed by atoms with Gasteiger partial charge in [-0.1, -0.05) is 6.92 Å². The van der Waals surface area contributed by atoms with Crippen LogP contribution in [0.5, 0.6) is 0 Å². The minimum absolute atomic E-state index is 0.144. The summed E-state index contributed by atoms with van der Waals surface area (Å²) in [4.78, 5) is -0.252. The summed E-state index contributed by atoms with van der Waals surface area (Å²) in [5.74, 6) is -2.54. The van der Waals surface area contributed by atoms with Crippen LogP contribution >= 0.6 is 0 Å². The van der Waals surface area contributed by atoms with E-state index in [1.165, 1.54) is 0 Å². The van der Waals surface area contributed by atoms with Crippen LogP contribution < -0.4 is 5.32 Å². The number of rotatable bonds is 8. The molecule has 1 aromatic rings. The van der Waals surface area contributed by atoms with Crippen molar-refractivity contribution in [3.63, 3.8) is 0 Å². The van der Waals surface area contributed by atoms with E-state index in [4.69, 9.17) is 5.11 Å². The molecule has 2 N–H and O–H groups in total.